The normalized spacial score (nSPS) is 11.4. The maximum Gasteiger partial charge on any atom is 0.331 e. The fourth-order valence-electron chi connectivity index (χ4n) is 1.15. The zero-order valence-corrected chi connectivity index (χ0v) is 10.5. The number of rotatable bonds is 3. The maximum absolute atomic E-state index is 10.7. The van der Waals surface area contributed by atoms with Crippen molar-refractivity contribution in [2.75, 3.05) is 0 Å². The van der Waals surface area contributed by atoms with E-state index in [2.05, 4.69) is 9.99 Å². The lowest BCUT2D eigenvalue weighted by atomic mass is 10.1. The van der Waals surface area contributed by atoms with Crippen molar-refractivity contribution in [1.29, 1.82) is 0 Å². The Bertz CT molecular complexity index is 430. The molecule has 0 saturated heterocycles. The topological polar surface area (TPSA) is 38.7 Å². The molecule has 3 nitrogen and oxygen atoms in total. The zero-order valence-electron chi connectivity index (χ0n) is 8.96. The van der Waals surface area contributed by atoms with Gasteiger partial charge in [-0.3, -0.25) is 0 Å². The zero-order chi connectivity index (χ0) is 12.1. The molecule has 0 heterocycles. The van der Waals surface area contributed by atoms with Gasteiger partial charge in [0.15, 0.2) is 0 Å². The number of halogens is 2. The van der Waals surface area contributed by atoms with E-state index in [-0.39, 0.29) is 0 Å². The Balaban J connectivity index is 3.04. The van der Waals surface area contributed by atoms with E-state index < -0.39 is 5.97 Å². The number of carbonyl (C=O) groups excluding carboxylic acids is 1. The Morgan fingerprint density at radius 1 is 1.44 bits per heavy atom. The molecular weight excluding hydrogens is 249 g/mol. The van der Waals surface area contributed by atoms with Gasteiger partial charge in [-0.1, -0.05) is 41.3 Å². The van der Waals surface area contributed by atoms with Crippen LogP contribution < -0.4 is 0 Å². The molecule has 0 bridgehead atoms. The molecule has 16 heavy (non-hydrogen) atoms. The lowest BCUT2D eigenvalue weighted by Crippen LogP contribution is -2.03. The Labute approximate surface area is 104 Å². The highest BCUT2D eigenvalue weighted by atomic mass is 35.5. The molecule has 0 aliphatic carbocycles. The lowest BCUT2D eigenvalue weighted by Gasteiger charge is -2.05. The molecule has 0 amide bonds. The van der Waals surface area contributed by atoms with Gasteiger partial charge >= 0.3 is 5.97 Å². The van der Waals surface area contributed by atoms with Crippen LogP contribution in [0.25, 0.3) is 0 Å². The molecule has 0 radical (unpaired) electrons. The number of hydrogen-bond acceptors (Lipinski definition) is 3. The summed E-state index contributed by atoms with van der Waals surface area (Å²) in [6.07, 6.45) is 0.606. The van der Waals surface area contributed by atoms with Gasteiger partial charge in [0.05, 0.1) is 10.7 Å². The molecule has 1 rings (SSSR count). The van der Waals surface area contributed by atoms with Crippen molar-refractivity contribution < 1.29 is 9.63 Å². The van der Waals surface area contributed by atoms with Gasteiger partial charge in [0.2, 0.25) is 0 Å². The monoisotopic (exact) mass is 259 g/mol. The Hall–Kier alpha value is -1.06. The summed E-state index contributed by atoms with van der Waals surface area (Å²) < 4.78 is 0. The number of benzene rings is 1. The van der Waals surface area contributed by atoms with Crippen LogP contribution in [-0.2, 0) is 9.63 Å². The summed E-state index contributed by atoms with van der Waals surface area (Å²) in [4.78, 5) is 15.2. The summed E-state index contributed by atoms with van der Waals surface area (Å²) in [7, 11) is 0. The highest BCUT2D eigenvalue weighted by Crippen LogP contribution is 2.22. The van der Waals surface area contributed by atoms with Crippen molar-refractivity contribution in [2.45, 2.75) is 20.3 Å². The van der Waals surface area contributed by atoms with Crippen LogP contribution in [0.2, 0.25) is 10.0 Å². The van der Waals surface area contributed by atoms with Gasteiger partial charge in [0.25, 0.3) is 0 Å². The first-order chi connectivity index (χ1) is 7.54. The summed E-state index contributed by atoms with van der Waals surface area (Å²) >= 11 is 11.8. The van der Waals surface area contributed by atoms with Crippen molar-refractivity contribution in [3.8, 4) is 0 Å². The molecule has 1 aromatic carbocycles. The van der Waals surface area contributed by atoms with Crippen LogP contribution in [0.5, 0.6) is 0 Å². The fraction of sp³-hybridized carbons (Fsp3) is 0.273. The standard InChI is InChI=1S/C11H11Cl2NO2/c1-3-11(14-16-7(2)15)9-5-4-8(12)6-10(9)13/h4-6H,3H2,1-2H3/b14-11+. The van der Waals surface area contributed by atoms with Crippen molar-refractivity contribution >= 4 is 34.9 Å². The predicted molar refractivity (Wildman–Crippen MR) is 65.1 cm³/mol. The SMILES string of the molecule is CC/C(=N\OC(C)=O)c1ccc(Cl)cc1Cl. The molecule has 0 fully saturated rings. The molecule has 0 unspecified atom stereocenters. The minimum atomic E-state index is -0.462. The maximum atomic E-state index is 10.7. The molecule has 86 valence electrons. The molecule has 0 spiro atoms. The van der Waals surface area contributed by atoms with E-state index in [0.29, 0.717) is 22.2 Å². The smallest absolute Gasteiger partial charge is 0.318 e. The number of oxime groups is 1. The highest BCUT2D eigenvalue weighted by molar-refractivity contribution is 6.37. The first kappa shape index (κ1) is 13.0. The van der Waals surface area contributed by atoms with Gasteiger partial charge in [-0.15, -0.1) is 0 Å². The molecule has 1 aromatic rings. The van der Waals surface area contributed by atoms with Gasteiger partial charge in [0, 0.05) is 17.5 Å². The summed E-state index contributed by atoms with van der Waals surface area (Å²) in [6.45, 7) is 3.19. The average molecular weight is 260 g/mol. The van der Waals surface area contributed by atoms with Crippen LogP contribution in [0.4, 0.5) is 0 Å². The molecule has 0 N–H and O–H groups in total. The van der Waals surface area contributed by atoms with Gasteiger partial charge < -0.3 is 4.84 Å². The number of carbonyl (C=O) groups is 1. The second-order valence-corrected chi connectivity index (χ2v) is 3.94. The minimum Gasteiger partial charge on any atom is -0.318 e. The van der Waals surface area contributed by atoms with Crippen LogP contribution in [0, 0.1) is 0 Å². The molecule has 0 aliphatic rings. The number of hydrogen-bond donors (Lipinski definition) is 0. The second kappa shape index (κ2) is 5.87. The van der Waals surface area contributed by atoms with E-state index in [9.17, 15) is 4.79 Å². The third kappa shape index (κ3) is 3.51. The number of nitrogens with zero attached hydrogens (tertiary/aromatic N) is 1. The van der Waals surface area contributed by atoms with E-state index >= 15 is 0 Å². The molecule has 5 heteroatoms. The summed E-state index contributed by atoms with van der Waals surface area (Å²) in [6, 6.07) is 5.08. The van der Waals surface area contributed by atoms with E-state index in [4.69, 9.17) is 23.2 Å². The second-order valence-electron chi connectivity index (χ2n) is 3.10. The molecule has 0 saturated carbocycles. The third-order valence-corrected chi connectivity index (χ3v) is 2.41. The van der Waals surface area contributed by atoms with Crippen LogP contribution >= 0.6 is 23.2 Å². The van der Waals surface area contributed by atoms with Crippen LogP contribution in [0.3, 0.4) is 0 Å². The van der Waals surface area contributed by atoms with E-state index in [1.807, 2.05) is 6.92 Å². The highest BCUT2D eigenvalue weighted by Gasteiger charge is 2.08. The molecule has 0 atom stereocenters. The molecule has 0 aliphatic heterocycles. The van der Waals surface area contributed by atoms with Crippen LogP contribution in [0.1, 0.15) is 25.8 Å². The third-order valence-electron chi connectivity index (χ3n) is 1.86. The quantitative estimate of drug-likeness (QED) is 0.472. The van der Waals surface area contributed by atoms with Crippen molar-refractivity contribution in [1.82, 2.24) is 0 Å². The summed E-state index contributed by atoms with van der Waals surface area (Å²) in [5.41, 5.74) is 1.33. The van der Waals surface area contributed by atoms with Crippen LogP contribution in [0.15, 0.2) is 23.4 Å². The van der Waals surface area contributed by atoms with E-state index in [1.165, 1.54) is 6.92 Å². The predicted octanol–water partition coefficient (Wildman–Crippen LogP) is 3.67. The van der Waals surface area contributed by atoms with E-state index in [1.54, 1.807) is 18.2 Å². The van der Waals surface area contributed by atoms with E-state index in [0.717, 1.165) is 5.56 Å². The lowest BCUT2D eigenvalue weighted by molar-refractivity contribution is -0.140. The van der Waals surface area contributed by atoms with Crippen molar-refractivity contribution in [3.05, 3.63) is 33.8 Å². The van der Waals surface area contributed by atoms with Crippen LogP contribution in [-0.4, -0.2) is 11.7 Å². The van der Waals surface area contributed by atoms with Gasteiger partial charge in [0.1, 0.15) is 0 Å². The average Bonchev–Trinajstić information content (AvgIpc) is 2.21. The first-order valence-corrected chi connectivity index (χ1v) is 5.50. The summed E-state index contributed by atoms with van der Waals surface area (Å²) in [5.74, 6) is -0.462. The van der Waals surface area contributed by atoms with Gasteiger partial charge in [-0.05, 0) is 18.6 Å². The van der Waals surface area contributed by atoms with Gasteiger partial charge in [-0.25, -0.2) is 4.79 Å². The summed E-state index contributed by atoms with van der Waals surface area (Å²) in [5, 5.41) is 4.78. The first-order valence-electron chi connectivity index (χ1n) is 4.74. The molecular formula is C11H11Cl2NO2. The molecule has 0 aromatic heterocycles. The Kier molecular flexibility index (Phi) is 4.77. The Morgan fingerprint density at radius 2 is 2.12 bits per heavy atom. The van der Waals surface area contributed by atoms with Crippen molar-refractivity contribution in [3.63, 3.8) is 0 Å². The Morgan fingerprint density at radius 3 is 2.62 bits per heavy atom. The minimum absolute atomic E-state index is 0.462. The van der Waals surface area contributed by atoms with Crippen molar-refractivity contribution in [2.24, 2.45) is 5.16 Å². The largest absolute Gasteiger partial charge is 0.331 e. The van der Waals surface area contributed by atoms with Gasteiger partial charge in [-0.2, -0.15) is 0 Å². The fourth-order valence-corrected chi connectivity index (χ4v) is 1.66.